The highest BCUT2D eigenvalue weighted by molar-refractivity contribution is 5.46. The highest BCUT2D eigenvalue weighted by atomic mass is 15.2. The van der Waals surface area contributed by atoms with Crippen LogP contribution in [0.1, 0.15) is 39.3 Å². The van der Waals surface area contributed by atoms with Crippen LogP contribution in [0.25, 0.3) is 0 Å². The monoisotopic (exact) mass is 290 g/mol. The van der Waals surface area contributed by atoms with Gasteiger partial charge in [-0.25, -0.2) is 0 Å². The Balaban J connectivity index is 1.95. The van der Waals surface area contributed by atoms with Crippen molar-refractivity contribution in [1.82, 2.24) is 15.2 Å². The third-order valence-corrected chi connectivity index (χ3v) is 4.32. The van der Waals surface area contributed by atoms with E-state index < -0.39 is 0 Å². The molecule has 4 nitrogen and oxygen atoms in total. The van der Waals surface area contributed by atoms with Gasteiger partial charge in [0.05, 0.1) is 5.69 Å². The standard InChI is InChI=1S/C17H30N4/c1-5-21-10-6-7-17(21)13-20(4)16-8-9-18-15(11-16)12-19-14(2)3/h8-9,11,14,17,19H,5-7,10,12-13H2,1-4H3. The van der Waals surface area contributed by atoms with Gasteiger partial charge in [0.25, 0.3) is 0 Å². The lowest BCUT2D eigenvalue weighted by Crippen LogP contribution is -2.38. The first kappa shape index (κ1) is 16.2. The number of aromatic nitrogens is 1. The lowest BCUT2D eigenvalue weighted by Gasteiger charge is -2.29. The molecule has 1 aliphatic heterocycles. The molecule has 0 aliphatic carbocycles. The van der Waals surface area contributed by atoms with Crippen molar-refractivity contribution in [2.24, 2.45) is 0 Å². The van der Waals surface area contributed by atoms with Gasteiger partial charge in [0.2, 0.25) is 0 Å². The molecule has 1 aliphatic rings. The zero-order valence-corrected chi connectivity index (χ0v) is 14.0. The second-order valence-corrected chi connectivity index (χ2v) is 6.35. The minimum absolute atomic E-state index is 0.491. The Morgan fingerprint density at radius 3 is 3.00 bits per heavy atom. The first-order valence-corrected chi connectivity index (χ1v) is 8.23. The van der Waals surface area contributed by atoms with E-state index in [4.69, 9.17) is 0 Å². The van der Waals surface area contributed by atoms with Crippen molar-refractivity contribution < 1.29 is 0 Å². The summed E-state index contributed by atoms with van der Waals surface area (Å²) >= 11 is 0. The quantitative estimate of drug-likeness (QED) is 0.836. The smallest absolute Gasteiger partial charge is 0.0562 e. The number of hydrogen-bond acceptors (Lipinski definition) is 4. The van der Waals surface area contributed by atoms with Gasteiger partial charge in [-0.2, -0.15) is 0 Å². The lowest BCUT2D eigenvalue weighted by atomic mass is 10.2. The number of likely N-dealkylation sites (tertiary alicyclic amines) is 1. The molecular formula is C17H30N4. The van der Waals surface area contributed by atoms with Crippen LogP contribution in [0.15, 0.2) is 18.3 Å². The number of nitrogens with one attached hydrogen (secondary N) is 1. The fraction of sp³-hybridized carbons (Fsp3) is 0.706. The van der Waals surface area contributed by atoms with Crippen LogP contribution >= 0.6 is 0 Å². The molecule has 0 radical (unpaired) electrons. The maximum atomic E-state index is 4.46. The summed E-state index contributed by atoms with van der Waals surface area (Å²) in [6.07, 6.45) is 4.59. The summed E-state index contributed by atoms with van der Waals surface area (Å²) in [5.74, 6) is 0. The molecule has 1 aromatic heterocycles. The molecule has 2 heterocycles. The fourth-order valence-electron chi connectivity index (χ4n) is 3.05. The third kappa shape index (κ3) is 4.68. The van der Waals surface area contributed by atoms with Crippen LogP contribution in [-0.2, 0) is 6.54 Å². The Morgan fingerprint density at radius 1 is 1.48 bits per heavy atom. The average Bonchev–Trinajstić information content (AvgIpc) is 2.92. The summed E-state index contributed by atoms with van der Waals surface area (Å²) in [4.78, 5) is 9.43. The third-order valence-electron chi connectivity index (χ3n) is 4.32. The van der Waals surface area contributed by atoms with Crippen LogP contribution in [0.2, 0.25) is 0 Å². The van der Waals surface area contributed by atoms with Crippen LogP contribution in [0.4, 0.5) is 5.69 Å². The molecule has 1 saturated heterocycles. The second kappa shape index (κ2) is 7.76. The molecule has 118 valence electrons. The van der Waals surface area contributed by atoms with E-state index in [1.165, 1.54) is 31.6 Å². The highest BCUT2D eigenvalue weighted by Crippen LogP contribution is 2.20. The molecule has 1 N–H and O–H groups in total. The van der Waals surface area contributed by atoms with Gasteiger partial charge in [-0.1, -0.05) is 20.8 Å². The summed E-state index contributed by atoms with van der Waals surface area (Å²) in [5.41, 5.74) is 2.39. The molecule has 0 bridgehead atoms. The number of anilines is 1. The van der Waals surface area contributed by atoms with Crippen molar-refractivity contribution in [3.63, 3.8) is 0 Å². The Labute approximate surface area is 129 Å². The van der Waals surface area contributed by atoms with E-state index in [-0.39, 0.29) is 0 Å². The fourth-order valence-corrected chi connectivity index (χ4v) is 3.05. The number of rotatable bonds is 7. The van der Waals surface area contributed by atoms with Crippen LogP contribution < -0.4 is 10.2 Å². The molecule has 2 rings (SSSR count). The van der Waals surface area contributed by atoms with Crippen molar-refractivity contribution in [1.29, 1.82) is 0 Å². The van der Waals surface area contributed by atoms with Crippen LogP contribution in [0, 0.1) is 0 Å². The van der Waals surface area contributed by atoms with Crippen LogP contribution in [0.3, 0.4) is 0 Å². The van der Waals surface area contributed by atoms with Crippen LogP contribution in [-0.4, -0.2) is 48.6 Å². The summed E-state index contributed by atoms with van der Waals surface area (Å²) < 4.78 is 0. The molecular weight excluding hydrogens is 260 g/mol. The number of hydrogen-bond donors (Lipinski definition) is 1. The van der Waals surface area contributed by atoms with E-state index >= 15 is 0 Å². The van der Waals surface area contributed by atoms with Gasteiger partial charge < -0.3 is 10.2 Å². The SMILES string of the molecule is CCN1CCCC1CN(C)c1ccnc(CNC(C)C)c1. The maximum absolute atomic E-state index is 4.46. The van der Waals surface area contributed by atoms with Crippen molar-refractivity contribution in [2.45, 2.75) is 52.2 Å². The van der Waals surface area contributed by atoms with E-state index in [0.29, 0.717) is 12.1 Å². The molecule has 1 aromatic rings. The molecule has 21 heavy (non-hydrogen) atoms. The van der Waals surface area contributed by atoms with Crippen molar-refractivity contribution >= 4 is 5.69 Å². The molecule has 0 spiro atoms. The van der Waals surface area contributed by atoms with Crippen molar-refractivity contribution in [2.75, 3.05) is 31.6 Å². The van der Waals surface area contributed by atoms with E-state index in [1.807, 2.05) is 6.20 Å². The minimum atomic E-state index is 0.491. The second-order valence-electron chi connectivity index (χ2n) is 6.35. The molecule has 4 heteroatoms. The topological polar surface area (TPSA) is 31.4 Å². The Morgan fingerprint density at radius 2 is 2.29 bits per heavy atom. The molecule has 1 fully saturated rings. The number of likely N-dealkylation sites (N-methyl/N-ethyl adjacent to an activating group) is 2. The van der Waals surface area contributed by atoms with Gasteiger partial charge in [0.1, 0.15) is 0 Å². The first-order chi connectivity index (χ1) is 10.1. The Bertz CT molecular complexity index is 433. The van der Waals surface area contributed by atoms with Crippen LogP contribution in [0.5, 0.6) is 0 Å². The van der Waals surface area contributed by atoms with E-state index in [1.54, 1.807) is 0 Å². The highest BCUT2D eigenvalue weighted by Gasteiger charge is 2.24. The van der Waals surface area contributed by atoms with Gasteiger partial charge in [0.15, 0.2) is 0 Å². The minimum Gasteiger partial charge on any atom is -0.373 e. The summed E-state index contributed by atoms with van der Waals surface area (Å²) in [6.45, 7) is 11.0. The van der Waals surface area contributed by atoms with Crippen molar-refractivity contribution in [3.8, 4) is 0 Å². The van der Waals surface area contributed by atoms with E-state index in [9.17, 15) is 0 Å². The zero-order valence-electron chi connectivity index (χ0n) is 14.0. The molecule has 0 saturated carbocycles. The zero-order chi connectivity index (χ0) is 15.2. The maximum Gasteiger partial charge on any atom is 0.0562 e. The van der Waals surface area contributed by atoms with E-state index in [0.717, 1.165) is 18.8 Å². The van der Waals surface area contributed by atoms with Gasteiger partial charge >= 0.3 is 0 Å². The van der Waals surface area contributed by atoms with Gasteiger partial charge in [-0.3, -0.25) is 9.88 Å². The normalized spacial score (nSPS) is 19.4. The molecule has 0 amide bonds. The average molecular weight is 290 g/mol. The summed E-state index contributed by atoms with van der Waals surface area (Å²) in [6, 6.07) is 5.51. The lowest BCUT2D eigenvalue weighted by molar-refractivity contribution is 0.270. The van der Waals surface area contributed by atoms with Gasteiger partial charge in [-0.15, -0.1) is 0 Å². The van der Waals surface area contributed by atoms with Crippen molar-refractivity contribution in [3.05, 3.63) is 24.0 Å². The van der Waals surface area contributed by atoms with Gasteiger partial charge in [0, 0.05) is 44.1 Å². The predicted molar refractivity (Wildman–Crippen MR) is 89.8 cm³/mol. The number of nitrogens with zero attached hydrogens (tertiary/aromatic N) is 3. The largest absolute Gasteiger partial charge is 0.373 e. The van der Waals surface area contributed by atoms with Gasteiger partial charge in [-0.05, 0) is 38.1 Å². The molecule has 1 atom stereocenters. The summed E-state index contributed by atoms with van der Waals surface area (Å²) in [7, 11) is 2.20. The summed E-state index contributed by atoms with van der Waals surface area (Å²) in [5, 5.41) is 3.43. The van der Waals surface area contributed by atoms with E-state index in [2.05, 4.69) is 60.1 Å². The Hall–Kier alpha value is -1.13. The Kier molecular flexibility index (Phi) is 6.00. The predicted octanol–water partition coefficient (Wildman–Crippen LogP) is 2.50. The molecule has 1 unspecified atom stereocenters. The molecule has 0 aromatic carbocycles. The first-order valence-electron chi connectivity index (χ1n) is 8.23. The number of pyridine rings is 1.